The predicted molar refractivity (Wildman–Crippen MR) is 132 cm³/mol. The second kappa shape index (κ2) is 11.2. The number of carbonyl (C=O) groups is 2. The van der Waals surface area contributed by atoms with Crippen LogP contribution in [0.1, 0.15) is 49.9 Å². The van der Waals surface area contributed by atoms with Gasteiger partial charge in [0.2, 0.25) is 0 Å². The number of aromatic nitrogens is 1. The Bertz CT molecular complexity index is 1180. The van der Waals surface area contributed by atoms with Crippen LogP contribution in [0.3, 0.4) is 0 Å². The van der Waals surface area contributed by atoms with Crippen LogP contribution >= 0.6 is 27.5 Å². The molecule has 3 rings (SSSR count). The fraction of sp³-hybridized carbons (Fsp3) is 0.348. The molecule has 0 spiro atoms. The number of pyridine rings is 1. The van der Waals surface area contributed by atoms with E-state index < -0.39 is 23.7 Å². The first kappa shape index (κ1) is 27.6. The molecule has 34 heavy (non-hydrogen) atoms. The molecule has 0 fully saturated rings. The molecule has 0 radical (unpaired) electrons. The Morgan fingerprint density at radius 1 is 1.32 bits per heavy atom. The van der Waals surface area contributed by atoms with E-state index in [-0.39, 0.29) is 26.7 Å². The van der Waals surface area contributed by atoms with Gasteiger partial charge >= 0.3 is 6.09 Å². The fourth-order valence-corrected chi connectivity index (χ4v) is 4.03. The van der Waals surface area contributed by atoms with Crippen LogP contribution in [0.4, 0.5) is 9.18 Å². The van der Waals surface area contributed by atoms with Gasteiger partial charge in [-0.2, -0.15) is 0 Å². The number of rotatable bonds is 3. The Labute approximate surface area is 210 Å². The van der Waals surface area contributed by atoms with E-state index in [2.05, 4.69) is 21.2 Å². The third kappa shape index (κ3) is 6.68. The Morgan fingerprint density at radius 2 is 1.97 bits per heavy atom. The van der Waals surface area contributed by atoms with Gasteiger partial charge in [-0.3, -0.25) is 19.5 Å². The summed E-state index contributed by atoms with van der Waals surface area (Å²) >= 11 is 9.21. The lowest BCUT2D eigenvalue weighted by Crippen LogP contribution is -2.31. The van der Waals surface area contributed by atoms with Crippen molar-refractivity contribution in [3.8, 4) is 0 Å². The summed E-state index contributed by atoms with van der Waals surface area (Å²) in [6.45, 7) is 7.61. The zero-order valence-corrected chi connectivity index (χ0v) is 21.8. The molecule has 0 saturated heterocycles. The Balaban J connectivity index is 0.000000273. The lowest BCUT2D eigenvalue weighted by Gasteiger charge is -2.21. The Hall–Kier alpha value is -2.69. The Morgan fingerprint density at radius 3 is 2.53 bits per heavy atom. The van der Waals surface area contributed by atoms with Crippen LogP contribution in [0, 0.1) is 5.82 Å². The number of halogens is 3. The molecule has 2 aromatic rings. The third-order valence-electron chi connectivity index (χ3n) is 4.55. The number of carbonyl (C=O) groups excluding carboxylic acids is 2. The standard InChI is InChI=1S/C14H9BrClFN2O2.C9H18N2O2/c1-18-12(7-3-2-4-8(17)5-7)19-11(14(18)21)10(16)6-9(15)13(19)20;1-7(5-6-10)11-8(12)13-9(2,3)4/h2-6,12H,1H3;5H,6,10H2,1-4H3,(H,11,12)/b;7-5+. The molecule has 3 N–H and O–H groups in total. The third-order valence-corrected chi connectivity index (χ3v) is 5.40. The van der Waals surface area contributed by atoms with Gasteiger partial charge in [0.05, 0.1) is 9.50 Å². The first-order chi connectivity index (χ1) is 15.8. The van der Waals surface area contributed by atoms with Crippen molar-refractivity contribution in [2.24, 2.45) is 5.73 Å². The summed E-state index contributed by atoms with van der Waals surface area (Å²) in [5.41, 5.74) is 5.73. The zero-order chi connectivity index (χ0) is 25.8. The molecule has 0 aliphatic carbocycles. The smallest absolute Gasteiger partial charge is 0.411 e. The highest BCUT2D eigenvalue weighted by atomic mass is 79.9. The van der Waals surface area contributed by atoms with E-state index in [1.165, 1.54) is 33.7 Å². The minimum absolute atomic E-state index is 0.113. The summed E-state index contributed by atoms with van der Waals surface area (Å²) < 4.78 is 20.0. The average Bonchev–Trinajstić information content (AvgIpc) is 2.97. The number of ether oxygens (including phenoxy) is 1. The summed E-state index contributed by atoms with van der Waals surface area (Å²) in [4.78, 5) is 37.2. The molecule has 8 nitrogen and oxygen atoms in total. The number of nitrogens with two attached hydrogens (primary N) is 1. The second-order valence-corrected chi connectivity index (χ2v) is 9.72. The molecule has 0 saturated carbocycles. The first-order valence-electron chi connectivity index (χ1n) is 10.3. The molecule has 0 bridgehead atoms. The average molecular weight is 558 g/mol. The van der Waals surface area contributed by atoms with E-state index in [1.807, 2.05) is 20.8 Å². The van der Waals surface area contributed by atoms with Crippen molar-refractivity contribution in [2.75, 3.05) is 13.6 Å². The van der Waals surface area contributed by atoms with Gasteiger partial charge in [0.1, 0.15) is 23.3 Å². The van der Waals surface area contributed by atoms with Crippen molar-refractivity contribution in [2.45, 2.75) is 39.5 Å². The van der Waals surface area contributed by atoms with E-state index in [1.54, 1.807) is 26.1 Å². The van der Waals surface area contributed by atoms with Crippen molar-refractivity contribution >= 4 is 39.5 Å². The van der Waals surface area contributed by atoms with Gasteiger partial charge in [-0.15, -0.1) is 0 Å². The van der Waals surface area contributed by atoms with Gasteiger partial charge in [-0.1, -0.05) is 29.8 Å². The van der Waals surface area contributed by atoms with E-state index >= 15 is 0 Å². The maximum atomic E-state index is 13.5. The van der Waals surface area contributed by atoms with Gasteiger partial charge in [-0.05, 0) is 67.4 Å². The summed E-state index contributed by atoms with van der Waals surface area (Å²) in [5.74, 6) is -0.810. The number of alkyl carbamates (subject to hydrolysis) is 1. The monoisotopic (exact) mass is 556 g/mol. The molecule has 11 heteroatoms. The lowest BCUT2D eigenvalue weighted by molar-refractivity contribution is 0.0545. The van der Waals surface area contributed by atoms with Crippen LogP contribution in [0.5, 0.6) is 0 Å². The highest BCUT2D eigenvalue weighted by Crippen LogP contribution is 2.34. The molecular weight excluding hydrogens is 531 g/mol. The molecule has 1 atom stereocenters. The number of nitrogens with zero attached hydrogens (tertiary/aromatic N) is 2. The van der Waals surface area contributed by atoms with Crippen molar-refractivity contribution < 1.29 is 18.7 Å². The number of hydrogen-bond acceptors (Lipinski definition) is 5. The molecule has 184 valence electrons. The minimum atomic E-state index is -0.717. The predicted octanol–water partition coefficient (Wildman–Crippen LogP) is 4.41. The molecule has 2 heterocycles. The molecular formula is C23H27BrClFN4O4. The largest absolute Gasteiger partial charge is 0.444 e. The highest BCUT2D eigenvalue weighted by molar-refractivity contribution is 9.10. The zero-order valence-electron chi connectivity index (χ0n) is 19.5. The van der Waals surface area contributed by atoms with Crippen LogP contribution in [-0.4, -0.2) is 40.7 Å². The molecule has 1 aliphatic heterocycles. The normalized spacial score (nSPS) is 15.4. The summed E-state index contributed by atoms with van der Waals surface area (Å²) in [6, 6.07) is 7.19. The summed E-state index contributed by atoms with van der Waals surface area (Å²) in [7, 11) is 1.55. The molecule has 2 amide bonds. The van der Waals surface area contributed by atoms with Crippen LogP contribution in [0.15, 0.2) is 51.4 Å². The van der Waals surface area contributed by atoms with Gasteiger partial charge in [0.15, 0.2) is 0 Å². The van der Waals surface area contributed by atoms with Gasteiger partial charge in [-0.25, -0.2) is 9.18 Å². The van der Waals surface area contributed by atoms with Gasteiger partial charge in [0.25, 0.3) is 11.5 Å². The quantitative estimate of drug-likeness (QED) is 0.581. The SMILES string of the molecule is C/C(=C\CN)NC(=O)OC(C)(C)C.CN1C(=O)c2c(Cl)cc(Br)c(=O)n2C1c1cccc(F)c1. The van der Waals surface area contributed by atoms with Gasteiger partial charge < -0.3 is 15.4 Å². The number of hydrogen-bond donors (Lipinski definition) is 2. The molecule has 1 aromatic heterocycles. The number of allylic oxidation sites excluding steroid dienone is 1. The molecule has 1 aromatic carbocycles. The van der Waals surface area contributed by atoms with Crippen molar-refractivity contribution in [3.63, 3.8) is 0 Å². The van der Waals surface area contributed by atoms with E-state index in [4.69, 9.17) is 22.1 Å². The Kier molecular flexibility index (Phi) is 9.04. The number of amides is 2. The van der Waals surface area contributed by atoms with Crippen molar-refractivity contribution in [3.05, 3.63) is 79.0 Å². The fourth-order valence-electron chi connectivity index (χ4n) is 3.20. The van der Waals surface area contributed by atoms with Crippen molar-refractivity contribution in [1.29, 1.82) is 0 Å². The lowest BCUT2D eigenvalue weighted by atomic mass is 10.1. The first-order valence-corrected chi connectivity index (χ1v) is 11.4. The number of fused-ring (bicyclic) bond motifs is 1. The maximum absolute atomic E-state index is 13.5. The molecule has 1 unspecified atom stereocenters. The highest BCUT2D eigenvalue weighted by Gasteiger charge is 2.38. The van der Waals surface area contributed by atoms with Crippen molar-refractivity contribution in [1.82, 2.24) is 14.8 Å². The van der Waals surface area contributed by atoms with Crippen LogP contribution < -0.4 is 16.6 Å². The molecule has 1 aliphatic rings. The topological polar surface area (TPSA) is 107 Å². The van der Waals surface area contributed by atoms with E-state index in [0.29, 0.717) is 17.8 Å². The second-order valence-electron chi connectivity index (χ2n) is 8.46. The van der Waals surface area contributed by atoms with E-state index in [9.17, 15) is 18.8 Å². The summed E-state index contributed by atoms with van der Waals surface area (Å²) in [5, 5.41) is 2.74. The number of benzene rings is 1. The van der Waals surface area contributed by atoms with E-state index in [0.717, 1.165) is 0 Å². The van der Waals surface area contributed by atoms with Crippen LogP contribution in [0.2, 0.25) is 5.02 Å². The maximum Gasteiger partial charge on any atom is 0.411 e. The van der Waals surface area contributed by atoms with Crippen LogP contribution in [0.25, 0.3) is 0 Å². The van der Waals surface area contributed by atoms with Gasteiger partial charge in [0, 0.05) is 19.3 Å². The van der Waals surface area contributed by atoms with Crippen LogP contribution in [-0.2, 0) is 4.74 Å². The minimum Gasteiger partial charge on any atom is -0.444 e. The number of nitrogens with one attached hydrogen (secondary N) is 1. The summed E-state index contributed by atoms with van der Waals surface area (Å²) in [6.07, 6.45) is 0.546.